The van der Waals surface area contributed by atoms with Gasteiger partial charge in [-0.1, -0.05) is 31.0 Å². The molecule has 0 atom stereocenters. The van der Waals surface area contributed by atoms with Gasteiger partial charge in [-0.15, -0.1) is 11.3 Å². The number of carbonyl (C=O) groups is 2. The molecule has 0 bridgehead atoms. The Morgan fingerprint density at radius 1 is 1.18 bits per heavy atom. The van der Waals surface area contributed by atoms with E-state index in [-0.39, 0.29) is 16.3 Å². The van der Waals surface area contributed by atoms with Gasteiger partial charge in [-0.05, 0) is 38.0 Å². The van der Waals surface area contributed by atoms with Crippen molar-refractivity contribution in [1.29, 1.82) is 0 Å². The molecule has 5 heteroatoms. The number of thiophene rings is 1. The minimum absolute atomic E-state index is 0.123. The number of aromatic carboxylic acids is 1. The third-order valence-electron chi connectivity index (χ3n) is 3.45. The van der Waals surface area contributed by atoms with Gasteiger partial charge in [0.25, 0.3) is 5.91 Å². The standard InChI is InChI=1S/C17H19NO3S/c1-4-5-13-11(3)14(17(20)21)15(22-13)16(19)18-12-8-6-10(2)7-9-12/h6-9H,4-5H2,1-3H3,(H,18,19)(H,20,21). The summed E-state index contributed by atoms with van der Waals surface area (Å²) in [7, 11) is 0. The van der Waals surface area contributed by atoms with Gasteiger partial charge in [-0.2, -0.15) is 0 Å². The molecular weight excluding hydrogens is 298 g/mol. The summed E-state index contributed by atoms with van der Waals surface area (Å²) in [6.45, 7) is 5.77. The third-order valence-corrected chi connectivity index (χ3v) is 4.80. The average molecular weight is 317 g/mol. The first kappa shape index (κ1) is 16.2. The van der Waals surface area contributed by atoms with Crippen molar-refractivity contribution in [2.45, 2.75) is 33.6 Å². The fraction of sp³-hybridized carbons (Fsp3) is 0.294. The predicted molar refractivity (Wildman–Crippen MR) is 89.1 cm³/mol. The van der Waals surface area contributed by atoms with Crippen LogP contribution in [-0.4, -0.2) is 17.0 Å². The molecule has 0 saturated carbocycles. The van der Waals surface area contributed by atoms with Crippen molar-refractivity contribution in [3.05, 3.63) is 50.7 Å². The molecule has 22 heavy (non-hydrogen) atoms. The lowest BCUT2D eigenvalue weighted by Crippen LogP contribution is -2.14. The van der Waals surface area contributed by atoms with Gasteiger partial charge in [0.2, 0.25) is 0 Å². The molecule has 0 aliphatic heterocycles. The Labute approximate surface area is 133 Å². The van der Waals surface area contributed by atoms with Crippen molar-refractivity contribution in [3.63, 3.8) is 0 Å². The maximum Gasteiger partial charge on any atom is 0.337 e. The zero-order valence-corrected chi connectivity index (χ0v) is 13.7. The molecule has 1 amide bonds. The highest BCUT2D eigenvalue weighted by Gasteiger charge is 2.24. The number of hydrogen-bond donors (Lipinski definition) is 2. The minimum atomic E-state index is -1.05. The molecule has 0 aliphatic carbocycles. The molecule has 0 spiro atoms. The molecule has 1 heterocycles. The van der Waals surface area contributed by atoms with Gasteiger partial charge in [0.05, 0.1) is 5.56 Å². The molecule has 1 aromatic carbocycles. The lowest BCUT2D eigenvalue weighted by atomic mass is 10.1. The maximum absolute atomic E-state index is 12.4. The number of rotatable bonds is 5. The van der Waals surface area contributed by atoms with E-state index in [4.69, 9.17) is 0 Å². The predicted octanol–water partition coefficient (Wildman–Crippen LogP) is 4.27. The summed E-state index contributed by atoms with van der Waals surface area (Å²) >= 11 is 1.28. The number of amides is 1. The first-order valence-electron chi connectivity index (χ1n) is 7.17. The van der Waals surface area contributed by atoms with Crippen LogP contribution in [0, 0.1) is 13.8 Å². The number of carboxylic acids is 1. The van der Waals surface area contributed by atoms with E-state index in [2.05, 4.69) is 5.32 Å². The van der Waals surface area contributed by atoms with Gasteiger partial charge in [0, 0.05) is 10.6 Å². The fourth-order valence-corrected chi connectivity index (χ4v) is 3.56. The average Bonchev–Trinajstić information content (AvgIpc) is 2.79. The van der Waals surface area contributed by atoms with Gasteiger partial charge in [-0.25, -0.2) is 4.79 Å². The number of anilines is 1. The van der Waals surface area contributed by atoms with Gasteiger partial charge in [0.15, 0.2) is 0 Å². The Bertz CT molecular complexity index is 701. The van der Waals surface area contributed by atoms with Crippen LogP contribution in [0.25, 0.3) is 0 Å². The number of nitrogens with one attached hydrogen (secondary N) is 1. The molecule has 2 aromatic rings. The zero-order valence-electron chi connectivity index (χ0n) is 12.9. The van der Waals surface area contributed by atoms with Crippen LogP contribution in [0.1, 0.15) is 49.4 Å². The molecule has 0 unspecified atom stereocenters. The largest absolute Gasteiger partial charge is 0.478 e. The van der Waals surface area contributed by atoms with Gasteiger partial charge in [0.1, 0.15) is 4.88 Å². The highest BCUT2D eigenvalue weighted by atomic mass is 32.1. The molecule has 0 aliphatic rings. The van der Waals surface area contributed by atoms with Crippen molar-refractivity contribution >= 4 is 28.9 Å². The van der Waals surface area contributed by atoms with Gasteiger partial charge in [-0.3, -0.25) is 4.79 Å². The second kappa shape index (κ2) is 6.75. The smallest absolute Gasteiger partial charge is 0.337 e. The number of benzene rings is 1. The van der Waals surface area contributed by atoms with Crippen LogP contribution in [-0.2, 0) is 6.42 Å². The minimum Gasteiger partial charge on any atom is -0.478 e. The van der Waals surface area contributed by atoms with E-state index >= 15 is 0 Å². The van der Waals surface area contributed by atoms with Crippen LogP contribution < -0.4 is 5.32 Å². The number of carboxylic acid groups (broad SMARTS) is 1. The molecule has 0 saturated heterocycles. The first-order valence-corrected chi connectivity index (χ1v) is 7.99. The lowest BCUT2D eigenvalue weighted by molar-refractivity contribution is 0.0692. The Morgan fingerprint density at radius 3 is 2.36 bits per heavy atom. The highest BCUT2D eigenvalue weighted by Crippen LogP contribution is 2.30. The Balaban J connectivity index is 2.34. The van der Waals surface area contributed by atoms with E-state index in [9.17, 15) is 14.7 Å². The second-order valence-electron chi connectivity index (χ2n) is 5.23. The molecule has 4 nitrogen and oxygen atoms in total. The Morgan fingerprint density at radius 2 is 1.82 bits per heavy atom. The van der Waals surface area contributed by atoms with E-state index in [1.807, 2.05) is 26.0 Å². The summed E-state index contributed by atoms with van der Waals surface area (Å²) in [4.78, 5) is 25.2. The normalized spacial score (nSPS) is 10.5. The SMILES string of the molecule is CCCc1sc(C(=O)Nc2ccc(C)cc2)c(C(=O)O)c1C. The van der Waals surface area contributed by atoms with E-state index < -0.39 is 5.97 Å². The Kier molecular flexibility index (Phi) is 4.98. The topological polar surface area (TPSA) is 66.4 Å². The van der Waals surface area contributed by atoms with E-state index in [0.717, 1.165) is 23.3 Å². The van der Waals surface area contributed by atoms with Gasteiger partial charge < -0.3 is 10.4 Å². The second-order valence-corrected chi connectivity index (χ2v) is 6.33. The molecule has 1 aromatic heterocycles. The number of hydrogen-bond acceptors (Lipinski definition) is 3. The molecule has 2 rings (SSSR count). The molecule has 0 radical (unpaired) electrons. The summed E-state index contributed by atoms with van der Waals surface area (Å²) in [5.41, 5.74) is 2.59. The van der Waals surface area contributed by atoms with Crippen molar-refractivity contribution in [1.82, 2.24) is 0 Å². The van der Waals surface area contributed by atoms with E-state index in [0.29, 0.717) is 11.3 Å². The van der Waals surface area contributed by atoms with E-state index in [1.54, 1.807) is 19.1 Å². The summed E-state index contributed by atoms with van der Waals surface area (Å²) in [6, 6.07) is 7.41. The molecular formula is C17H19NO3S. The van der Waals surface area contributed by atoms with Crippen LogP contribution in [0.3, 0.4) is 0 Å². The summed E-state index contributed by atoms with van der Waals surface area (Å²) in [5, 5.41) is 12.2. The zero-order chi connectivity index (χ0) is 16.3. The first-order chi connectivity index (χ1) is 10.4. The molecule has 2 N–H and O–H groups in total. The quantitative estimate of drug-likeness (QED) is 0.865. The van der Waals surface area contributed by atoms with Crippen molar-refractivity contribution in [3.8, 4) is 0 Å². The molecule has 116 valence electrons. The Hall–Kier alpha value is -2.14. The summed E-state index contributed by atoms with van der Waals surface area (Å²) in [5.74, 6) is -1.41. The van der Waals surface area contributed by atoms with Crippen LogP contribution in [0.2, 0.25) is 0 Å². The molecule has 0 fully saturated rings. The summed E-state index contributed by atoms with van der Waals surface area (Å²) in [6.07, 6.45) is 1.70. The van der Waals surface area contributed by atoms with Crippen LogP contribution in [0.5, 0.6) is 0 Å². The summed E-state index contributed by atoms with van der Waals surface area (Å²) < 4.78 is 0. The van der Waals surface area contributed by atoms with Crippen molar-refractivity contribution in [2.75, 3.05) is 5.32 Å². The van der Waals surface area contributed by atoms with Gasteiger partial charge >= 0.3 is 5.97 Å². The fourth-order valence-electron chi connectivity index (χ4n) is 2.27. The maximum atomic E-state index is 12.4. The monoisotopic (exact) mass is 317 g/mol. The van der Waals surface area contributed by atoms with Crippen LogP contribution >= 0.6 is 11.3 Å². The van der Waals surface area contributed by atoms with Crippen LogP contribution in [0.15, 0.2) is 24.3 Å². The number of carbonyl (C=O) groups excluding carboxylic acids is 1. The highest BCUT2D eigenvalue weighted by molar-refractivity contribution is 7.14. The third kappa shape index (κ3) is 3.36. The van der Waals surface area contributed by atoms with E-state index in [1.165, 1.54) is 11.3 Å². The number of aryl methyl sites for hydroxylation is 2. The lowest BCUT2D eigenvalue weighted by Gasteiger charge is -2.05. The van der Waals surface area contributed by atoms with Crippen molar-refractivity contribution in [2.24, 2.45) is 0 Å². The van der Waals surface area contributed by atoms with Crippen molar-refractivity contribution < 1.29 is 14.7 Å². The van der Waals surface area contributed by atoms with Crippen LogP contribution in [0.4, 0.5) is 5.69 Å².